The fraction of sp³-hybridized carbons (Fsp3) is 0.625. The third-order valence-corrected chi connectivity index (χ3v) is 4.50. The lowest BCUT2D eigenvalue weighted by molar-refractivity contribution is -0.390. The first-order valence-electron chi connectivity index (χ1n) is 4.93. The zero-order valence-electron chi connectivity index (χ0n) is 9.17. The van der Waals surface area contributed by atoms with E-state index in [0.29, 0.717) is 17.4 Å². The van der Waals surface area contributed by atoms with Crippen molar-refractivity contribution < 1.29 is 13.3 Å². The Morgan fingerprint density at radius 3 is 2.71 bits per heavy atom. The second-order valence-electron chi connectivity index (χ2n) is 3.41. The molecule has 0 saturated carbocycles. The molecular weight excluding hydrogens is 314 g/mol. The summed E-state index contributed by atoms with van der Waals surface area (Å²) in [6.45, 7) is 1.93. The first kappa shape index (κ1) is 14.1. The van der Waals surface area contributed by atoms with Gasteiger partial charge in [0, 0.05) is 5.75 Å². The first-order valence-corrected chi connectivity index (χ1v) is 7.55. The van der Waals surface area contributed by atoms with E-state index in [-0.39, 0.29) is 17.3 Å². The Hall–Kier alpha value is -0.960. The van der Waals surface area contributed by atoms with E-state index < -0.39 is 14.8 Å². The van der Waals surface area contributed by atoms with Crippen molar-refractivity contribution >= 4 is 31.6 Å². The molecule has 0 saturated heterocycles. The van der Waals surface area contributed by atoms with E-state index in [4.69, 9.17) is 0 Å². The highest BCUT2D eigenvalue weighted by Gasteiger charge is 2.18. The smallest absolute Gasteiger partial charge is 0.358 e. The molecular formula is C8H12BrN3O4S. The molecule has 1 heterocycles. The van der Waals surface area contributed by atoms with Crippen molar-refractivity contribution in [1.82, 2.24) is 9.78 Å². The maximum Gasteiger partial charge on any atom is 0.404 e. The zero-order valence-corrected chi connectivity index (χ0v) is 11.6. The summed E-state index contributed by atoms with van der Waals surface area (Å²) >= 11 is 3.02. The van der Waals surface area contributed by atoms with Crippen molar-refractivity contribution in [3.05, 3.63) is 20.8 Å². The van der Waals surface area contributed by atoms with Gasteiger partial charge in [-0.2, -0.15) is 4.68 Å². The van der Waals surface area contributed by atoms with Gasteiger partial charge in [-0.3, -0.25) is 0 Å². The van der Waals surface area contributed by atoms with Gasteiger partial charge in [-0.15, -0.1) is 0 Å². The molecule has 96 valence electrons. The molecule has 1 aromatic rings. The van der Waals surface area contributed by atoms with E-state index in [1.807, 2.05) is 0 Å². The van der Waals surface area contributed by atoms with Crippen LogP contribution in [0, 0.1) is 10.1 Å². The van der Waals surface area contributed by atoms with E-state index in [2.05, 4.69) is 21.0 Å². The van der Waals surface area contributed by atoms with Crippen LogP contribution in [-0.4, -0.2) is 34.6 Å². The Balaban J connectivity index is 2.59. The van der Waals surface area contributed by atoms with E-state index in [1.54, 1.807) is 6.92 Å². The molecule has 0 aliphatic heterocycles. The number of hydrogen-bond acceptors (Lipinski definition) is 5. The van der Waals surface area contributed by atoms with E-state index >= 15 is 0 Å². The Morgan fingerprint density at radius 2 is 2.24 bits per heavy atom. The maximum atomic E-state index is 11.2. The number of hydrogen-bond donors (Lipinski definition) is 0. The lowest BCUT2D eigenvalue weighted by Gasteiger charge is -1.99. The summed E-state index contributed by atoms with van der Waals surface area (Å²) in [5, 5.41) is 14.2. The minimum absolute atomic E-state index is 0.0643. The van der Waals surface area contributed by atoms with Gasteiger partial charge >= 0.3 is 5.82 Å². The largest absolute Gasteiger partial charge is 0.404 e. The Morgan fingerprint density at radius 1 is 1.59 bits per heavy atom. The van der Waals surface area contributed by atoms with Crippen LogP contribution in [0.25, 0.3) is 0 Å². The number of halogens is 1. The van der Waals surface area contributed by atoms with Gasteiger partial charge in [0.25, 0.3) is 0 Å². The molecule has 7 nitrogen and oxygen atoms in total. The lowest BCUT2D eigenvalue weighted by atomic mass is 10.5. The highest BCUT2D eigenvalue weighted by Crippen LogP contribution is 2.22. The van der Waals surface area contributed by atoms with Crippen LogP contribution in [0.4, 0.5) is 5.82 Å². The highest BCUT2D eigenvalue weighted by atomic mass is 79.9. The summed E-state index contributed by atoms with van der Waals surface area (Å²) in [5.74, 6) is -0.0894. The number of sulfone groups is 1. The fourth-order valence-electron chi connectivity index (χ4n) is 1.22. The van der Waals surface area contributed by atoms with Crippen LogP contribution in [0.5, 0.6) is 0 Å². The zero-order chi connectivity index (χ0) is 13.1. The number of nitro groups is 1. The van der Waals surface area contributed by atoms with Gasteiger partial charge in [-0.25, -0.2) is 8.42 Å². The highest BCUT2D eigenvalue weighted by molar-refractivity contribution is 9.10. The van der Waals surface area contributed by atoms with Crippen LogP contribution in [0.2, 0.25) is 0 Å². The van der Waals surface area contributed by atoms with Gasteiger partial charge in [-0.1, -0.05) is 6.92 Å². The van der Waals surface area contributed by atoms with Crippen LogP contribution in [0.1, 0.15) is 13.3 Å². The van der Waals surface area contributed by atoms with Gasteiger partial charge < -0.3 is 10.1 Å². The van der Waals surface area contributed by atoms with Crippen molar-refractivity contribution in [2.24, 2.45) is 0 Å². The minimum atomic E-state index is -3.00. The molecule has 0 aromatic carbocycles. The van der Waals surface area contributed by atoms with Gasteiger partial charge in [-0.05, 0) is 27.3 Å². The molecule has 0 unspecified atom stereocenters. The quantitative estimate of drug-likeness (QED) is 0.581. The Bertz CT molecular complexity index is 511. The van der Waals surface area contributed by atoms with Crippen molar-refractivity contribution in [2.75, 3.05) is 11.5 Å². The second-order valence-corrected chi connectivity index (χ2v) is 6.74. The van der Waals surface area contributed by atoms with Gasteiger partial charge in [0.05, 0.1) is 23.6 Å². The topological polar surface area (TPSA) is 95.1 Å². The molecule has 1 rings (SSSR count). The van der Waals surface area contributed by atoms with Gasteiger partial charge in [0.2, 0.25) is 0 Å². The number of nitrogens with zero attached hydrogens (tertiary/aromatic N) is 3. The Kier molecular flexibility index (Phi) is 4.63. The maximum absolute atomic E-state index is 11.2. The summed E-state index contributed by atoms with van der Waals surface area (Å²) in [5.41, 5.74) is 0. The molecule has 1 aromatic heterocycles. The number of aromatic nitrogens is 2. The molecule has 0 bridgehead atoms. The predicted octanol–water partition coefficient (Wildman–Crippen LogP) is 1.38. The van der Waals surface area contributed by atoms with E-state index in [9.17, 15) is 18.5 Å². The molecule has 17 heavy (non-hydrogen) atoms. The average Bonchev–Trinajstić information content (AvgIpc) is 2.59. The summed E-state index contributed by atoms with van der Waals surface area (Å²) in [7, 11) is -3.00. The fourth-order valence-corrected chi connectivity index (χ4v) is 2.53. The number of rotatable bonds is 6. The molecule has 0 atom stereocenters. The third-order valence-electron chi connectivity index (χ3n) is 2.15. The molecule has 0 N–H and O–H groups in total. The molecule has 0 aliphatic carbocycles. The normalized spacial score (nSPS) is 11.6. The third kappa shape index (κ3) is 4.08. The summed E-state index contributed by atoms with van der Waals surface area (Å²) in [6.07, 6.45) is 1.86. The van der Waals surface area contributed by atoms with Crippen LogP contribution < -0.4 is 0 Å². The predicted molar refractivity (Wildman–Crippen MR) is 65.5 cm³/mol. The van der Waals surface area contributed by atoms with Crippen LogP contribution >= 0.6 is 15.9 Å². The van der Waals surface area contributed by atoms with Crippen LogP contribution in [0.3, 0.4) is 0 Å². The van der Waals surface area contributed by atoms with E-state index in [1.165, 1.54) is 10.9 Å². The SMILES string of the molecule is CCS(=O)(=O)CCCn1cc(Br)c([N+](=O)[O-])n1. The van der Waals surface area contributed by atoms with Crippen molar-refractivity contribution in [3.63, 3.8) is 0 Å². The van der Waals surface area contributed by atoms with Gasteiger partial charge in [0.15, 0.2) is 0 Å². The summed E-state index contributed by atoms with van der Waals surface area (Å²) in [6, 6.07) is 0. The second kappa shape index (κ2) is 5.58. The van der Waals surface area contributed by atoms with E-state index in [0.717, 1.165) is 0 Å². The summed E-state index contributed by atoms with van der Waals surface area (Å²) in [4.78, 5) is 9.92. The lowest BCUT2D eigenvalue weighted by Crippen LogP contribution is -2.11. The summed E-state index contributed by atoms with van der Waals surface area (Å²) < 4.78 is 24.1. The standard InChI is InChI=1S/C8H12BrN3O4S/c1-2-17(15,16)5-3-4-11-6-7(9)8(10-11)12(13)14/h6H,2-5H2,1H3. The molecule has 0 radical (unpaired) electrons. The molecule has 0 amide bonds. The molecule has 9 heteroatoms. The van der Waals surface area contributed by atoms with Crippen molar-refractivity contribution in [2.45, 2.75) is 19.9 Å². The monoisotopic (exact) mass is 325 g/mol. The minimum Gasteiger partial charge on any atom is -0.358 e. The van der Waals surface area contributed by atoms with Gasteiger partial charge in [0.1, 0.15) is 14.3 Å². The first-order chi connectivity index (χ1) is 7.85. The van der Waals surface area contributed by atoms with Crippen molar-refractivity contribution in [3.8, 4) is 0 Å². The van der Waals surface area contributed by atoms with Crippen molar-refractivity contribution in [1.29, 1.82) is 0 Å². The Labute approximate surface area is 107 Å². The van der Waals surface area contributed by atoms with Crippen LogP contribution in [0.15, 0.2) is 10.7 Å². The molecule has 0 fully saturated rings. The molecule has 0 spiro atoms. The number of aryl methyl sites for hydroxylation is 1. The molecule has 0 aliphatic rings. The van der Waals surface area contributed by atoms with Crippen LogP contribution in [-0.2, 0) is 16.4 Å². The average molecular weight is 326 g/mol.